The topological polar surface area (TPSA) is 38.7 Å². The molecule has 0 aliphatic heterocycles. The number of aliphatic hydroxyl groups excluding tert-OH is 1. The first kappa shape index (κ1) is 40.3. The van der Waals surface area contributed by atoms with E-state index >= 15 is 0 Å². The highest BCUT2D eigenvalue weighted by Gasteiger charge is 2.50. The van der Waals surface area contributed by atoms with Crippen molar-refractivity contribution in [2.75, 3.05) is 0 Å². The van der Waals surface area contributed by atoms with Gasteiger partial charge in [0.1, 0.15) is 0 Å². The van der Waals surface area contributed by atoms with Crippen LogP contribution in [0.2, 0.25) is 36.3 Å². The van der Waals surface area contributed by atoms with Crippen LogP contribution in [0.5, 0.6) is 0 Å². The van der Waals surface area contributed by atoms with E-state index in [1.807, 2.05) is 0 Å². The molecule has 0 spiro atoms. The Hall–Kier alpha value is -0.506. The molecule has 7 atom stereocenters. The zero-order chi connectivity index (χ0) is 35.7. The number of aliphatic hydroxyl groups is 1. The van der Waals surface area contributed by atoms with Gasteiger partial charge in [0.05, 0.1) is 18.3 Å². The summed E-state index contributed by atoms with van der Waals surface area (Å²) in [6.07, 6.45) is 19.3. The Morgan fingerprint density at radius 2 is 1.54 bits per heavy atom. The molecular weight excluding hydrogens is 641 g/mol. The van der Waals surface area contributed by atoms with Crippen molar-refractivity contribution in [3.8, 4) is 0 Å². The number of hydrogen-bond acceptors (Lipinski definition) is 4. The van der Waals surface area contributed by atoms with Gasteiger partial charge >= 0.3 is 0 Å². The van der Waals surface area contributed by atoms with Crippen molar-refractivity contribution in [3.63, 3.8) is 0 Å². The lowest BCUT2D eigenvalue weighted by atomic mass is 9.60. The van der Waals surface area contributed by atoms with Crippen molar-refractivity contribution in [1.29, 1.82) is 0 Å². The lowest BCUT2D eigenvalue weighted by Gasteiger charge is -2.45. The van der Waals surface area contributed by atoms with Gasteiger partial charge in [-0.3, -0.25) is 0 Å². The van der Waals surface area contributed by atoms with Crippen LogP contribution in [0.4, 0.5) is 0 Å². The Balaban J connectivity index is 1.45. The van der Waals surface area contributed by atoms with Crippen molar-refractivity contribution >= 4 is 28.0 Å². The molecule has 1 aromatic rings. The van der Waals surface area contributed by atoms with E-state index in [0.29, 0.717) is 17.3 Å². The van der Waals surface area contributed by atoms with Crippen LogP contribution in [-0.4, -0.2) is 33.9 Å². The highest BCUT2D eigenvalue weighted by molar-refractivity contribution is 7.12. The van der Waals surface area contributed by atoms with Crippen LogP contribution in [-0.2, 0) is 15.3 Å². The van der Waals surface area contributed by atoms with Crippen LogP contribution < -0.4 is 0 Å². The van der Waals surface area contributed by atoms with Gasteiger partial charge in [-0.05, 0) is 136 Å². The third-order valence-electron chi connectivity index (χ3n) is 13.8. The van der Waals surface area contributed by atoms with Gasteiger partial charge in [-0.2, -0.15) is 0 Å². The third kappa shape index (κ3) is 9.48. The fourth-order valence-corrected chi connectivity index (χ4v) is 12.5. The first-order valence-electron chi connectivity index (χ1n) is 19.7. The molecule has 3 nitrogen and oxygen atoms in total. The summed E-state index contributed by atoms with van der Waals surface area (Å²) in [4.78, 5) is 2.53. The molecular formula is C42H74O3SSi2. The summed E-state index contributed by atoms with van der Waals surface area (Å²) in [6, 6.07) is 4.33. The van der Waals surface area contributed by atoms with Gasteiger partial charge in [-0.1, -0.05) is 98.5 Å². The summed E-state index contributed by atoms with van der Waals surface area (Å²) in [5.74, 6) is 2.20. The molecule has 6 heteroatoms. The number of aryl methyl sites for hydroxylation is 1. The molecule has 1 N–H and O–H groups in total. The molecule has 4 rings (SSSR count). The van der Waals surface area contributed by atoms with Crippen molar-refractivity contribution in [3.05, 3.63) is 45.2 Å². The Bertz CT molecular complexity index is 1230. The quantitative estimate of drug-likeness (QED) is 0.219. The van der Waals surface area contributed by atoms with E-state index in [4.69, 9.17) is 8.85 Å². The number of fused-ring (bicyclic) bond motifs is 1. The highest BCUT2D eigenvalue weighted by Crippen LogP contribution is 2.60. The molecule has 0 aromatic carbocycles. The average Bonchev–Trinajstić information content (AvgIpc) is 3.59. The van der Waals surface area contributed by atoms with Crippen molar-refractivity contribution in [2.45, 2.75) is 194 Å². The minimum atomic E-state index is -1.88. The second-order valence-corrected chi connectivity index (χ2v) is 30.1. The minimum absolute atomic E-state index is 0.206. The lowest BCUT2D eigenvalue weighted by Crippen LogP contribution is -2.48. The molecule has 1 aromatic heterocycles. The molecule has 1 unspecified atom stereocenters. The number of allylic oxidation sites excluding steroid dienone is 3. The Morgan fingerprint density at radius 3 is 2.08 bits per heavy atom. The van der Waals surface area contributed by atoms with E-state index in [-0.39, 0.29) is 28.4 Å². The SMILES string of the molecule is CCc1ccc(C(O)CCC[C@@H](C)[C@H]2CC[C@H]3/C(=C/C=C4C[C@@H](O[Si](C)(C)C(C)(C)C)C[C@H](O[Si](C)(C)C(C)(C)C)C4)CCC[C@]23C)s1. The first-order chi connectivity index (χ1) is 22.2. The molecule has 3 saturated carbocycles. The van der Waals surface area contributed by atoms with Crippen LogP contribution in [0.3, 0.4) is 0 Å². The molecule has 1 heterocycles. The summed E-state index contributed by atoms with van der Waals surface area (Å²) in [5.41, 5.74) is 3.64. The van der Waals surface area contributed by atoms with Crippen molar-refractivity contribution < 1.29 is 14.0 Å². The predicted octanol–water partition coefficient (Wildman–Crippen LogP) is 13.2. The van der Waals surface area contributed by atoms with Crippen molar-refractivity contribution in [2.24, 2.45) is 23.2 Å². The van der Waals surface area contributed by atoms with E-state index in [1.54, 1.807) is 16.9 Å². The molecule has 0 radical (unpaired) electrons. The fraction of sp³-hybridized carbons (Fsp3) is 0.810. The fourth-order valence-electron chi connectivity index (χ4n) is 8.81. The van der Waals surface area contributed by atoms with Crippen LogP contribution in [0.15, 0.2) is 35.4 Å². The van der Waals surface area contributed by atoms with Crippen LogP contribution in [0, 0.1) is 23.2 Å². The Morgan fingerprint density at radius 1 is 0.938 bits per heavy atom. The van der Waals surface area contributed by atoms with Crippen LogP contribution in [0.1, 0.15) is 149 Å². The summed E-state index contributed by atoms with van der Waals surface area (Å²) >= 11 is 1.79. The maximum atomic E-state index is 10.8. The van der Waals surface area contributed by atoms with Crippen molar-refractivity contribution in [1.82, 2.24) is 0 Å². The number of thiophene rings is 1. The summed E-state index contributed by atoms with van der Waals surface area (Å²) in [6.45, 7) is 31.1. The van der Waals surface area contributed by atoms with Gasteiger partial charge < -0.3 is 14.0 Å². The van der Waals surface area contributed by atoms with Gasteiger partial charge in [-0.15, -0.1) is 11.3 Å². The Kier molecular flexibility index (Phi) is 13.1. The monoisotopic (exact) mass is 714 g/mol. The maximum Gasteiger partial charge on any atom is 0.192 e. The lowest BCUT2D eigenvalue weighted by molar-refractivity contribution is 0.0725. The normalized spacial score (nSPS) is 29.6. The van der Waals surface area contributed by atoms with Gasteiger partial charge in [0.15, 0.2) is 16.6 Å². The van der Waals surface area contributed by atoms with Crippen LogP contribution in [0.25, 0.3) is 0 Å². The van der Waals surface area contributed by atoms with E-state index in [9.17, 15) is 5.11 Å². The zero-order valence-electron chi connectivity index (χ0n) is 33.4. The zero-order valence-corrected chi connectivity index (χ0v) is 36.2. The van der Waals surface area contributed by atoms with Gasteiger partial charge in [-0.25, -0.2) is 0 Å². The summed E-state index contributed by atoms with van der Waals surface area (Å²) in [5, 5.41) is 11.3. The molecule has 3 fully saturated rings. The smallest absolute Gasteiger partial charge is 0.192 e. The molecule has 3 aliphatic carbocycles. The average molecular weight is 715 g/mol. The molecule has 3 aliphatic rings. The summed E-state index contributed by atoms with van der Waals surface area (Å²) in [7, 11) is -3.77. The molecule has 274 valence electrons. The molecule has 0 saturated heterocycles. The van der Waals surface area contributed by atoms with Gasteiger partial charge in [0, 0.05) is 9.75 Å². The van der Waals surface area contributed by atoms with Crippen LogP contribution >= 0.6 is 11.3 Å². The minimum Gasteiger partial charge on any atom is -0.414 e. The predicted molar refractivity (Wildman–Crippen MR) is 214 cm³/mol. The molecule has 48 heavy (non-hydrogen) atoms. The van der Waals surface area contributed by atoms with Gasteiger partial charge in [0.2, 0.25) is 0 Å². The van der Waals surface area contributed by atoms with Gasteiger partial charge in [0.25, 0.3) is 0 Å². The Labute approximate surface area is 303 Å². The van der Waals surface area contributed by atoms with E-state index < -0.39 is 16.6 Å². The van der Waals surface area contributed by atoms with E-state index in [0.717, 1.165) is 49.3 Å². The maximum absolute atomic E-state index is 10.8. The first-order valence-corrected chi connectivity index (χ1v) is 26.3. The largest absolute Gasteiger partial charge is 0.414 e. The highest BCUT2D eigenvalue weighted by atomic mass is 32.1. The molecule has 0 bridgehead atoms. The van der Waals surface area contributed by atoms with E-state index in [1.165, 1.54) is 49.0 Å². The standard InChI is InChI=1S/C42H74O3SSi2/c1-14-35-22-25-39(46-35)38(43)19-15-17-30(2)36-23-24-37-32(18-16-26-42(36,37)9)21-20-31-27-33(44-47(10,11)40(3,4)5)29-34(28-31)45-48(12,13)41(6,7)8/h20-22,25,30,33-34,36-38,43H,14-19,23-24,26-29H2,1-13H3/b32-21+/t30-,33-,34-,36-,37+,38?,42-/m1/s1. The third-order valence-corrected chi connectivity index (χ3v) is 24.2. The second-order valence-electron chi connectivity index (χ2n) is 19.4. The number of rotatable bonds is 12. The second kappa shape index (κ2) is 15.6. The van der Waals surface area contributed by atoms with E-state index in [2.05, 4.69) is 113 Å². The molecule has 0 amide bonds. The summed E-state index contributed by atoms with van der Waals surface area (Å²) < 4.78 is 14.2. The number of hydrogen-bond donors (Lipinski definition) is 1.